The van der Waals surface area contributed by atoms with E-state index in [1.807, 2.05) is 84.9 Å². The number of anilines is 2. The zero-order valence-electron chi connectivity index (χ0n) is 23.7. The molecule has 4 rings (SSSR count). The number of Topliss-reactive ketones (excluding diaryl/α,β-unsaturated/α-hetero) is 2. The topological polar surface area (TPSA) is 93.2 Å². The van der Waals surface area contributed by atoms with Gasteiger partial charge in [-0.3, -0.25) is 19.4 Å². The fourth-order valence-corrected chi connectivity index (χ4v) is 4.53. The third kappa shape index (κ3) is 7.91. The lowest BCUT2D eigenvalue weighted by Crippen LogP contribution is -2.41. The first-order valence-electron chi connectivity index (χ1n) is 13.0. The second kappa shape index (κ2) is 11.9. The van der Waals surface area contributed by atoms with Crippen molar-refractivity contribution in [2.75, 3.05) is 22.9 Å². The molecule has 39 heavy (non-hydrogen) atoms. The number of ether oxygens (including phenoxy) is 2. The molecule has 0 unspecified atom stereocenters. The summed E-state index contributed by atoms with van der Waals surface area (Å²) in [4.78, 5) is 51.4. The molecule has 0 saturated heterocycles. The Morgan fingerprint density at radius 2 is 1.21 bits per heavy atom. The number of nitrogens with zero attached hydrogens (tertiary/aromatic N) is 2. The maximum absolute atomic E-state index is 12.2. The first kappa shape index (κ1) is 30.3. The number of fused-ring (bicyclic) bond motifs is 2. The predicted octanol–water partition coefficient (Wildman–Crippen LogP) is 7.23. The van der Waals surface area contributed by atoms with Gasteiger partial charge in [-0.25, -0.2) is 9.59 Å². The minimum Gasteiger partial charge on any atom is -0.443 e. The van der Waals surface area contributed by atoms with Gasteiger partial charge in [-0.2, -0.15) is 0 Å². The van der Waals surface area contributed by atoms with Gasteiger partial charge in [-0.15, -0.1) is 0 Å². The smallest absolute Gasteiger partial charge is 0.414 e. The molecule has 2 amide bonds. The van der Waals surface area contributed by atoms with Crippen molar-refractivity contribution in [2.45, 2.75) is 77.8 Å². The van der Waals surface area contributed by atoms with Crippen LogP contribution in [0.25, 0.3) is 0 Å². The van der Waals surface area contributed by atoms with Crippen molar-refractivity contribution < 1.29 is 28.7 Å². The molecule has 8 nitrogen and oxygen atoms in total. The summed E-state index contributed by atoms with van der Waals surface area (Å²) in [6.07, 6.45) is -0.129. The number of carbonyl (C=O) groups excluding carboxylic acids is 4. The van der Waals surface area contributed by atoms with Gasteiger partial charge < -0.3 is 9.47 Å². The van der Waals surface area contributed by atoms with E-state index in [2.05, 4.69) is 15.9 Å². The number of halogens is 1. The lowest BCUT2D eigenvalue weighted by molar-refractivity contribution is 0.0564. The summed E-state index contributed by atoms with van der Waals surface area (Å²) in [5.41, 5.74) is 3.44. The highest BCUT2D eigenvalue weighted by atomic mass is 79.9. The van der Waals surface area contributed by atoms with Gasteiger partial charge in [-0.05, 0) is 78.3 Å². The van der Waals surface area contributed by atoms with Crippen molar-refractivity contribution >= 4 is 51.1 Å². The van der Waals surface area contributed by atoms with E-state index in [4.69, 9.17) is 9.47 Å². The van der Waals surface area contributed by atoms with Crippen molar-refractivity contribution in [3.05, 3.63) is 58.7 Å². The highest BCUT2D eigenvalue weighted by Gasteiger charge is 2.31. The minimum atomic E-state index is -0.547. The van der Waals surface area contributed by atoms with E-state index < -0.39 is 23.4 Å². The number of ketones is 2. The number of hydrogen-bond acceptors (Lipinski definition) is 6. The monoisotopic (exact) mass is 600 g/mol. The van der Waals surface area contributed by atoms with Gasteiger partial charge in [0.15, 0.2) is 11.6 Å². The van der Waals surface area contributed by atoms with Crippen LogP contribution in [0.1, 0.15) is 86.2 Å². The van der Waals surface area contributed by atoms with Crippen LogP contribution in [0.15, 0.2) is 36.4 Å². The standard InChI is InChI=1S/C15H18BrNO3.C15H19NO3/c1-15(2,3)20-14(19)17-7-6-13(18)11-8-10(9-16)4-5-12(11)17;1-10-5-6-12-11(9-10)13(17)7-8-16(12)14(18)19-15(2,3)4/h4-5,8H,6-7,9H2,1-3H3;5-6,9H,7-8H2,1-4H3. The Bertz CT molecular complexity index is 1280. The zero-order valence-corrected chi connectivity index (χ0v) is 25.3. The number of carbonyl (C=O) groups is 4. The van der Waals surface area contributed by atoms with Gasteiger partial charge in [0.1, 0.15) is 11.2 Å². The Kier molecular flexibility index (Phi) is 9.26. The number of alkyl halides is 1. The zero-order chi connectivity index (χ0) is 29.1. The molecule has 0 atom stereocenters. The van der Waals surface area contributed by atoms with Crippen LogP contribution < -0.4 is 9.80 Å². The van der Waals surface area contributed by atoms with Gasteiger partial charge in [0.25, 0.3) is 0 Å². The minimum absolute atomic E-state index is 0.0719. The molecule has 0 fully saturated rings. The van der Waals surface area contributed by atoms with Crippen molar-refractivity contribution in [1.29, 1.82) is 0 Å². The molecule has 0 radical (unpaired) electrons. The molecule has 0 N–H and O–H groups in total. The quantitative estimate of drug-likeness (QED) is 0.320. The predicted molar refractivity (Wildman–Crippen MR) is 155 cm³/mol. The number of benzene rings is 2. The van der Waals surface area contributed by atoms with E-state index >= 15 is 0 Å². The second-order valence-electron chi connectivity index (χ2n) is 11.6. The van der Waals surface area contributed by atoms with E-state index in [1.54, 1.807) is 9.80 Å². The molecule has 2 aliphatic rings. The second-order valence-corrected chi connectivity index (χ2v) is 12.2. The van der Waals surface area contributed by atoms with Gasteiger partial charge in [-0.1, -0.05) is 33.6 Å². The maximum atomic E-state index is 12.2. The molecule has 2 aliphatic heterocycles. The summed E-state index contributed by atoms with van der Waals surface area (Å²) >= 11 is 3.37. The summed E-state index contributed by atoms with van der Waals surface area (Å²) in [6.45, 7) is 13.7. The summed E-state index contributed by atoms with van der Waals surface area (Å²) in [6, 6.07) is 11.1. The molecule has 2 aromatic carbocycles. The number of amides is 2. The number of aryl methyl sites for hydroxylation is 1. The Balaban J connectivity index is 0.000000216. The van der Waals surface area contributed by atoms with Crippen LogP contribution in [0.2, 0.25) is 0 Å². The average molecular weight is 602 g/mol. The van der Waals surface area contributed by atoms with E-state index in [1.165, 1.54) is 0 Å². The lowest BCUT2D eigenvalue weighted by Gasteiger charge is -2.31. The Hall–Kier alpha value is -3.20. The van der Waals surface area contributed by atoms with E-state index in [9.17, 15) is 19.2 Å². The number of hydrogen-bond donors (Lipinski definition) is 0. The fourth-order valence-electron chi connectivity index (χ4n) is 4.18. The van der Waals surface area contributed by atoms with Crippen LogP contribution in [0.3, 0.4) is 0 Å². The average Bonchev–Trinajstić information content (AvgIpc) is 2.83. The maximum Gasteiger partial charge on any atom is 0.414 e. The van der Waals surface area contributed by atoms with Crippen molar-refractivity contribution in [2.24, 2.45) is 0 Å². The summed E-state index contributed by atoms with van der Waals surface area (Å²) in [7, 11) is 0. The first-order chi connectivity index (χ1) is 18.1. The van der Waals surface area contributed by atoms with E-state index in [0.29, 0.717) is 53.8 Å². The van der Waals surface area contributed by atoms with Gasteiger partial charge >= 0.3 is 12.2 Å². The first-order valence-corrected chi connectivity index (χ1v) is 14.1. The van der Waals surface area contributed by atoms with Crippen LogP contribution in [0, 0.1) is 6.92 Å². The van der Waals surface area contributed by atoms with E-state index in [-0.39, 0.29) is 11.6 Å². The van der Waals surface area contributed by atoms with Gasteiger partial charge in [0.2, 0.25) is 0 Å². The van der Waals surface area contributed by atoms with Crippen LogP contribution >= 0.6 is 15.9 Å². The number of rotatable bonds is 1. The molecular weight excluding hydrogens is 564 g/mol. The van der Waals surface area contributed by atoms with Crippen LogP contribution in [0.4, 0.5) is 21.0 Å². The van der Waals surface area contributed by atoms with Crippen LogP contribution in [-0.2, 0) is 14.8 Å². The lowest BCUT2D eigenvalue weighted by atomic mass is 9.99. The highest BCUT2D eigenvalue weighted by molar-refractivity contribution is 9.08. The molecule has 2 aromatic rings. The molecule has 2 heterocycles. The van der Waals surface area contributed by atoms with Crippen LogP contribution in [-0.4, -0.2) is 48.0 Å². The van der Waals surface area contributed by atoms with Gasteiger partial charge in [0.05, 0.1) is 11.4 Å². The molecule has 0 bridgehead atoms. The molecule has 0 saturated carbocycles. The normalized spacial score (nSPS) is 15.1. The van der Waals surface area contributed by atoms with Crippen molar-refractivity contribution in [1.82, 2.24) is 0 Å². The Morgan fingerprint density at radius 3 is 1.64 bits per heavy atom. The van der Waals surface area contributed by atoms with Crippen LogP contribution in [0.5, 0.6) is 0 Å². The van der Waals surface area contributed by atoms with Gasteiger partial charge in [0, 0.05) is 42.4 Å². The summed E-state index contributed by atoms with van der Waals surface area (Å²) < 4.78 is 10.8. The largest absolute Gasteiger partial charge is 0.443 e. The molecule has 210 valence electrons. The summed E-state index contributed by atoms with van der Waals surface area (Å²) in [5.74, 6) is 0.154. The highest BCUT2D eigenvalue weighted by Crippen LogP contribution is 2.31. The molecule has 0 spiro atoms. The SMILES string of the molecule is CC(C)(C)OC(=O)N1CCC(=O)c2cc(CBr)ccc21.Cc1ccc2c(c1)C(=O)CCN2C(=O)OC(C)(C)C. The fraction of sp³-hybridized carbons (Fsp3) is 0.467. The van der Waals surface area contributed by atoms with Crippen molar-refractivity contribution in [3.8, 4) is 0 Å². The molecule has 0 aliphatic carbocycles. The Labute approximate surface area is 238 Å². The third-order valence-electron chi connectivity index (χ3n) is 5.90. The molecular formula is C30H37BrN2O6. The summed E-state index contributed by atoms with van der Waals surface area (Å²) in [5, 5.41) is 0.681. The molecule has 0 aromatic heterocycles. The Morgan fingerprint density at radius 1 is 0.769 bits per heavy atom. The van der Waals surface area contributed by atoms with E-state index in [0.717, 1.165) is 11.1 Å². The van der Waals surface area contributed by atoms with Crippen molar-refractivity contribution in [3.63, 3.8) is 0 Å². The third-order valence-corrected chi connectivity index (χ3v) is 6.55. The molecule has 9 heteroatoms.